The zero-order valence-corrected chi connectivity index (χ0v) is 10.4. The number of alkyl carbamates (subject to hydrolysis) is 1. The molecule has 0 radical (unpaired) electrons. The average Bonchev–Trinajstić information content (AvgIpc) is 2.11. The first kappa shape index (κ1) is 11.7. The number of ether oxygens (including phenoxy) is 1. The molecule has 16 heavy (non-hydrogen) atoms. The quantitative estimate of drug-likeness (QED) is 0.712. The van der Waals surface area contributed by atoms with Crippen LogP contribution in [0.2, 0.25) is 0 Å². The van der Waals surface area contributed by atoms with Crippen molar-refractivity contribution in [2.24, 2.45) is 11.8 Å². The van der Waals surface area contributed by atoms with Crippen molar-refractivity contribution in [2.45, 2.75) is 45.3 Å². The molecule has 1 aliphatic heterocycles. The molecule has 3 atom stereocenters. The van der Waals surface area contributed by atoms with Gasteiger partial charge < -0.3 is 15.4 Å². The van der Waals surface area contributed by atoms with Crippen LogP contribution in [0.25, 0.3) is 0 Å². The molecule has 1 amide bonds. The average molecular weight is 226 g/mol. The number of carbonyl (C=O) groups is 1. The first-order chi connectivity index (χ1) is 7.46. The number of nitrogens with one attached hydrogen (secondary N) is 2. The number of carbonyl (C=O) groups excluding carboxylic acids is 1. The molecule has 92 valence electrons. The summed E-state index contributed by atoms with van der Waals surface area (Å²) in [4.78, 5) is 11.6. The van der Waals surface area contributed by atoms with E-state index in [1.54, 1.807) is 0 Å². The smallest absolute Gasteiger partial charge is 0.407 e. The van der Waals surface area contributed by atoms with Crippen molar-refractivity contribution in [1.82, 2.24) is 10.6 Å². The fraction of sp³-hybridized carbons (Fsp3) is 0.917. The molecule has 0 unspecified atom stereocenters. The van der Waals surface area contributed by atoms with Gasteiger partial charge in [-0.3, -0.25) is 0 Å². The van der Waals surface area contributed by atoms with Gasteiger partial charge in [-0.1, -0.05) is 0 Å². The maximum atomic E-state index is 11.6. The third-order valence-electron chi connectivity index (χ3n) is 3.45. The molecule has 2 N–H and O–H groups in total. The van der Waals surface area contributed by atoms with Gasteiger partial charge in [0.25, 0.3) is 0 Å². The lowest BCUT2D eigenvalue weighted by Crippen LogP contribution is -2.59. The van der Waals surface area contributed by atoms with Gasteiger partial charge in [0.1, 0.15) is 5.60 Å². The van der Waals surface area contributed by atoms with E-state index in [1.165, 1.54) is 6.42 Å². The SMILES string of the molecule is CC(C)(C)OC(=O)N[C@H]1C[C@@H]2CCNC[C@@H]21. The van der Waals surface area contributed by atoms with Crippen molar-refractivity contribution >= 4 is 6.09 Å². The van der Waals surface area contributed by atoms with Gasteiger partial charge in [-0.2, -0.15) is 0 Å². The number of amides is 1. The van der Waals surface area contributed by atoms with Gasteiger partial charge in [0, 0.05) is 12.6 Å². The van der Waals surface area contributed by atoms with E-state index in [4.69, 9.17) is 4.74 Å². The van der Waals surface area contributed by atoms with E-state index in [9.17, 15) is 4.79 Å². The van der Waals surface area contributed by atoms with E-state index >= 15 is 0 Å². The summed E-state index contributed by atoms with van der Waals surface area (Å²) in [6.07, 6.45) is 2.09. The Labute approximate surface area is 97.1 Å². The second kappa shape index (κ2) is 4.24. The highest BCUT2D eigenvalue weighted by Crippen LogP contribution is 2.38. The summed E-state index contributed by atoms with van der Waals surface area (Å²) in [7, 11) is 0. The summed E-state index contributed by atoms with van der Waals surface area (Å²) >= 11 is 0. The van der Waals surface area contributed by atoms with Crippen LogP contribution in [-0.2, 0) is 4.74 Å². The van der Waals surface area contributed by atoms with Crippen molar-refractivity contribution in [3.8, 4) is 0 Å². The summed E-state index contributed by atoms with van der Waals surface area (Å²) in [5.41, 5.74) is -0.405. The highest BCUT2D eigenvalue weighted by atomic mass is 16.6. The molecular weight excluding hydrogens is 204 g/mol. The van der Waals surface area contributed by atoms with Crippen molar-refractivity contribution in [1.29, 1.82) is 0 Å². The largest absolute Gasteiger partial charge is 0.444 e. The molecule has 0 bridgehead atoms. The maximum Gasteiger partial charge on any atom is 0.407 e. The number of hydrogen-bond donors (Lipinski definition) is 2. The molecule has 0 aromatic rings. The zero-order valence-electron chi connectivity index (χ0n) is 10.4. The van der Waals surface area contributed by atoms with Crippen LogP contribution < -0.4 is 10.6 Å². The van der Waals surface area contributed by atoms with Gasteiger partial charge in [-0.15, -0.1) is 0 Å². The highest BCUT2D eigenvalue weighted by Gasteiger charge is 2.43. The van der Waals surface area contributed by atoms with E-state index in [-0.39, 0.29) is 6.09 Å². The van der Waals surface area contributed by atoms with Crippen molar-refractivity contribution in [3.05, 3.63) is 0 Å². The Hall–Kier alpha value is -0.770. The third-order valence-corrected chi connectivity index (χ3v) is 3.45. The number of rotatable bonds is 1. The number of piperidine rings is 1. The highest BCUT2D eigenvalue weighted by molar-refractivity contribution is 5.68. The summed E-state index contributed by atoms with van der Waals surface area (Å²) in [6.45, 7) is 7.82. The Balaban J connectivity index is 1.76. The second-order valence-electron chi connectivity index (χ2n) is 5.91. The minimum absolute atomic E-state index is 0.276. The lowest BCUT2D eigenvalue weighted by atomic mass is 9.66. The molecule has 1 saturated carbocycles. The zero-order chi connectivity index (χ0) is 11.8. The minimum Gasteiger partial charge on any atom is -0.444 e. The minimum atomic E-state index is -0.405. The fourth-order valence-electron chi connectivity index (χ4n) is 2.63. The maximum absolute atomic E-state index is 11.6. The van der Waals surface area contributed by atoms with E-state index in [0.29, 0.717) is 12.0 Å². The Morgan fingerprint density at radius 2 is 2.19 bits per heavy atom. The monoisotopic (exact) mass is 226 g/mol. The van der Waals surface area contributed by atoms with E-state index in [2.05, 4.69) is 10.6 Å². The van der Waals surface area contributed by atoms with Gasteiger partial charge in [-0.25, -0.2) is 4.79 Å². The normalized spacial score (nSPS) is 33.6. The lowest BCUT2D eigenvalue weighted by Gasteiger charge is -2.48. The molecule has 0 aromatic heterocycles. The van der Waals surface area contributed by atoms with Crippen LogP contribution in [0, 0.1) is 11.8 Å². The van der Waals surface area contributed by atoms with E-state index in [1.807, 2.05) is 20.8 Å². The summed E-state index contributed by atoms with van der Waals surface area (Å²) in [5.74, 6) is 1.42. The van der Waals surface area contributed by atoms with Gasteiger partial charge in [0.15, 0.2) is 0 Å². The summed E-state index contributed by atoms with van der Waals surface area (Å²) in [5, 5.41) is 6.35. The predicted molar refractivity (Wildman–Crippen MR) is 62.2 cm³/mol. The first-order valence-electron chi connectivity index (χ1n) is 6.16. The number of hydrogen-bond acceptors (Lipinski definition) is 3. The van der Waals surface area contributed by atoms with Crippen LogP contribution in [-0.4, -0.2) is 30.8 Å². The van der Waals surface area contributed by atoms with Crippen LogP contribution in [0.15, 0.2) is 0 Å². The molecule has 4 nitrogen and oxygen atoms in total. The summed E-state index contributed by atoms with van der Waals surface area (Å²) < 4.78 is 5.25. The van der Waals surface area contributed by atoms with Crippen molar-refractivity contribution < 1.29 is 9.53 Å². The standard InChI is InChI=1S/C12H22N2O2/c1-12(2,3)16-11(15)14-10-6-8-4-5-13-7-9(8)10/h8-10,13H,4-7H2,1-3H3,(H,14,15)/t8-,9-,10-/m0/s1. The Kier molecular flexibility index (Phi) is 3.10. The van der Waals surface area contributed by atoms with Gasteiger partial charge in [0.2, 0.25) is 0 Å². The fourth-order valence-corrected chi connectivity index (χ4v) is 2.63. The van der Waals surface area contributed by atoms with E-state index in [0.717, 1.165) is 25.4 Å². The molecule has 0 spiro atoms. The van der Waals surface area contributed by atoms with Crippen LogP contribution in [0.5, 0.6) is 0 Å². The molecule has 2 fully saturated rings. The Morgan fingerprint density at radius 1 is 1.44 bits per heavy atom. The van der Waals surface area contributed by atoms with Gasteiger partial charge in [0.05, 0.1) is 0 Å². The van der Waals surface area contributed by atoms with Crippen LogP contribution >= 0.6 is 0 Å². The third kappa shape index (κ3) is 2.67. The molecule has 4 heteroatoms. The van der Waals surface area contributed by atoms with E-state index < -0.39 is 5.60 Å². The lowest BCUT2D eigenvalue weighted by molar-refractivity contribution is 0.0276. The summed E-state index contributed by atoms with van der Waals surface area (Å²) in [6, 6.07) is 0.313. The molecule has 1 aliphatic carbocycles. The van der Waals surface area contributed by atoms with Gasteiger partial charge >= 0.3 is 6.09 Å². The van der Waals surface area contributed by atoms with Crippen LogP contribution in [0.1, 0.15) is 33.6 Å². The van der Waals surface area contributed by atoms with Crippen LogP contribution in [0.3, 0.4) is 0 Å². The molecule has 1 heterocycles. The van der Waals surface area contributed by atoms with Crippen LogP contribution in [0.4, 0.5) is 4.79 Å². The molecular formula is C12H22N2O2. The van der Waals surface area contributed by atoms with Gasteiger partial charge in [-0.05, 0) is 52.0 Å². The van der Waals surface area contributed by atoms with Crippen molar-refractivity contribution in [2.75, 3.05) is 13.1 Å². The molecule has 2 aliphatic rings. The predicted octanol–water partition coefficient (Wildman–Crippen LogP) is 1.51. The topological polar surface area (TPSA) is 50.4 Å². The Morgan fingerprint density at radius 3 is 2.81 bits per heavy atom. The first-order valence-corrected chi connectivity index (χ1v) is 6.16. The molecule has 0 aromatic carbocycles. The Bertz CT molecular complexity index is 273. The second-order valence-corrected chi connectivity index (χ2v) is 5.91. The van der Waals surface area contributed by atoms with Crippen molar-refractivity contribution in [3.63, 3.8) is 0 Å². The number of fused-ring (bicyclic) bond motifs is 1. The molecule has 1 saturated heterocycles. The molecule has 2 rings (SSSR count).